The van der Waals surface area contributed by atoms with Gasteiger partial charge in [0.2, 0.25) is 0 Å². The zero-order valence-corrected chi connectivity index (χ0v) is 9.92. The Balaban J connectivity index is 2.67. The van der Waals surface area contributed by atoms with Gasteiger partial charge >= 0.3 is 0 Å². The number of carbonyl (C=O) groups excluding carboxylic acids is 1. The fraction of sp³-hybridized carbons (Fsp3) is 0.364. The molecule has 0 aliphatic rings. The Labute approximate surface area is 98.8 Å². The van der Waals surface area contributed by atoms with Crippen molar-refractivity contribution in [3.8, 4) is 11.5 Å². The Kier molecular flexibility index (Phi) is 4.98. The van der Waals surface area contributed by atoms with Crippen molar-refractivity contribution >= 4 is 17.7 Å². The molecule has 0 saturated heterocycles. The number of thioether (sulfide) groups is 1. The molecule has 1 amide bonds. The monoisotopic (exact) mass is 241 g/mol. The van der Waals surface area contributed by atoms with E-state index in [2.05, 4.69) is 0 Å². The number of nitrogens with two attached hydrogens (primary N) is 1. The number of rotatable bonds is 6. The van der Waals surface area contributed by atoms with Gasteiger partial charge < -0.3 is 15.6 Å². The molecular formula is C11H15NO3S. The fourth-order valence-electron chi connectivity index (χ4n) is 1.22. The summed E-state index contributed by atoms with van der Waals surface area (Å²) in [6, 6.07) is 4.33. The number of benzene rings is 1. The Morgan fingerprint density at radius 2 is 2.31 bits per heavy atom. The first-order chi connectivity index (χ1) is 7.65. The van der Waals surface area contributed by atoms with Gasteiger partial charge in [-0.05, 0) is 36.6 Å². The van der Waals surface area contributed by atoms with E-state index in [0.717, 1.165) is 12.2 Å². The van der Waals surface area contributed by atoms with Gasteiger partial charge in [-0.15, -0.1) is 0 Å². The van der Waals surface area contributed by atoms with Crippen LogP contribution in [-0.2, 0) is 0 Å². The molecule has 0 fully saturated rings. The summed E-state index contributed by atoms with van der Waals surface area (Å²) in [6.45, 7) is 0.534. The summed E-state index contributed by atoms with van der Waals surface area (Å²) >= 11 is 1.74. The van der Waals surface area contributed by atoms with Crippen molar-refractivity contribution in [2.24, 2.45) is 5.73 Å². The molecule has 0 aromatic heterocycles. The van der Waals surface area contributed by atoms with Gasteiger partial charge in [0.15, 0.2) is 0 Å². The minimum atomic E-state index is -0.601. The quantitative estimate of drug-likeness (QED) is 0.742. The number of phenolic OH excluding ortho intramolecular Hbond substituents is 1. The normalized spacial score (nSPS) is 10.1. The number of carbonyl (C=O) groups is 1. The molecule has 4 nitrogen and oxygen atoms in total. The summed E-state index contributed by atoms with van der Waals surface area (Å²) in [5, 5.41) is 9.23. The predicted octanol–water partition coefficient (Wildman–Crippen LogP) is 1.62. The maximum absolute atomic E-state index is 11.1. The Morgan fingerprint density at radius 3 is 2.94 bits per heavy atom. The van der Waals surface area contributed by atoms with Crippen molar-refractivity contribution in [3.63, 3.8) is 0 Å². The van der Waals surface area contributed by atoms with Crippen LogP contribution in [0, 0.1) is 0 Å². The van der Waals surface area contributed by atoms with Crippen molar-refractivity contribution in [2.45, 2.75) is 6.42 Å². The Bertz CT molecular complexity index is 368. The smallest absolute Gasteiger partial charge is 0.252 e. The maximum Gasteiger partial charge on any atom is 0.252 e. The molecule has 5 heteroatoms. The molecule has 0 bridgehead atoms. The lowest BCUT2D eigenvalue weighted by Crippen LogP contribution is -2.13. The number of hydrogen-bond donors (Lipinski definition) is 2. The first-order valence-corrected chi connectivity index (χ1v) is 6.29. The second-order valence-electron chi connectivity index (χ2n) is 3.24. The van der Waals surface area contributed by atoms with Gasteiger partial charge in [-0.2, -0.15) is 11.8 Å². The van der Waals surface area contributed by atoms with Crippen LogP contribution in [0.4, 0.5) is 0 Å². The largest absolute Gasteiger partial charge is 0.508 e. The minimum Gasteiger partial charge on any atom is -0.508 e. The van der Waals surface area contributed by atoms with Crippen LogP contribution < -0.4 is 10.5 Å². The molecular weight excluding hydrogens is 226 g/mol. The molecule has 0 aliphatic heterocycles. The van der Waals surface area contributed by atoms with Crippen LogP contribution >= 0.6 is 11.8 Å². The van der Waals surface area contributed by atoms with Crippen LogP contribution in [0.3, 0.4) is 0 Å². The predicted molar refractivity (Wildman–Crippen MR) is 65.1 cm³/mol. The number of aromatic hydroxyl groups is 1. The molecule has 16 heavy (non-hydrogen) atoms. The number of primary amides is 1. The van der Waals surface area contributed by atoms with Crippen LogP contribution in [0.15, 0.2) is 18.2 Å². The van der Waals surface area contributed by atoms with Gasteiger partial charge in [0.05, 0.1) is 12.2 Å². The summed E-state index contributed by atoms with van der Waals surface area (Å²) < 4.78 is 5.43. The minimum absolute atomic E-state index is 0.00487. The van der Waals surface area contributed by atoms with E-state index in [-0.39, 0.29) is 11.3 Å². The lowest BCUT2D eigenvalue weighted by Gasteiger charge is -2.09. The molecule has 0 heterocycles. The van der Waals surface area contributed by atoms with E-state index in [1.54, 1.807) is 17.8 Å². The van der Waals surface area contributed by atoms with E-state index in [4.69, 9.17) is 10.5 Å². The average molecular weight is 241 g/mol. The number of ether oxygens (including phenoxy) is 1. The zero-order chi connectivity index (χ0) is 12.0. The van der Waals surface area contributed by atoms with Crippen molar-refractivity contribution in [2.75, 3.05) is 18.6 Å². The van der Waals surface area contributed by atoms with Gasteiger partial charge in [-0.3, -0.25) is 4.79 Å². The van der Waals surface area contributed by atoms with Gasteiger partial charge in [0.1, 0.15) is 11.5 Å². The van der Waals surface area contributed by atoms with Crippen molar-refractivity contribution < 1.29 is 14.6 Å². The molecule has 0 spiro atoms. The van der Waals surface area contributed by atoms with E-state index in [1.165, 1.54) is 12.1 Å². The third-order valence-corrected chi connectivity index (χ3v) is 2.68. The van der Waals surface area contributed by atoms with E-state index >= 15 is 0 Å². The highest BCUT2D eigenvalue weighted by molar-refractivity contribution is 7.98. The number of hydrogen-bond acceptors (Lipinski definition) is 4. The molecule has 0 aliphatic carbocycles. The molecule has 0 saturated carbocycles. The van der Waals surface area contributed by atoms with Crippen LogP contribution in [0.1, 0.15) is 16.8 Å². The molecule has 1 aromatic rings. The molecule has 1 rings (SSSR count). The molecule has 3 N–H and O–H groups in total. The van der Waals surface area contributed by atoms with E-state index < -0.39 is 5.91 Å². The Hall–Kier alpha value is -1.36. The molecule has 0 atom stereocenters. The van der Waals surface area contributed by atoms with Gasteiger partial charge in [0.25, 0.3) is 5.91 Å². The van der Waals surface area contributed by atoms with E-state index in [9.17, 15) is 9.90 Å². The first-order valence-electron chi connectivity index (χ1n) is 4.89. The third kappa shape index (κ3) is 3.66. The van der Waals surface area contributed by atoms with E-state index in [0.29, 0.717) is 12.4 Å². The second-order valence-corrected chi connectivity index (χ2v) is 4.23. The van der Waals surface area contributed by atoms with Gasteiger partial charge in [0, 0.05) is 0 Å². The number of amides is 1. The van der Waals surface area contributed by atoms with Crippen molar-refractivity contribution in [1.29, 1.82) is 0 Å². The maximum atomic E-state index is 11.1. The summed E-state index contributed by atoms with van der Waals surface area (Å²) in [6.07, 6.45) is 2.93. The summed E-state index contributed by atoms with van der Waals surface area (Å²) in [5.74, 6) is 0.830. The molecule has 88 valence electrons. The van der Waals surface area contributed by atoms with Crippen LogP contribution in [0.2, 0.25) is 0 Å². The average Bonchev–Trinajstić information content (AvgIpc) is 2.26. The lowest BCUT2D eigenvalue weighted by molar-refractivity contribution is 0.0996. The van der Waals surface area contributed by atoms with Crippen molar-refractivity contribution in [3.05, 3.63) is 23.8 Å². The third-order valence-electron chi connectivity index (χ3n) is 1.98. The summed E-state index contributed by atoms with van der Waals surface area (Å²) in [5.41, 5.74) is 5.39. The summed E-state index contributed by atoms with van der Waals surface area (Å²) in [7, 11) is 0. The molecule has 0 radical (unpaired) electrons. The highest BCUT2D eigenvalue weighted by Crippen LogP contribution is 2.23. The molecule has 0 unspecified atom stereocenters. The number of phenols is 1. The SMILES string of the molecule is CSCCCOc1ccc(O)cc1C(N)=O. The zero-order valence-electron chi connectivity index (χ0n) is 9.10. The van der Waals surface area contributed by atoms with Crippen LogP contribution in [0.25, 0.3) is 0 Å². The standard InChI is InChI=1S/C11H15NO3S/c1-16-6-2-5-15-10-4-3-8(13)7-9(10)11(12)14/h3-4,7,13H,2,5-6H2,1H3,(H2,12,14). The van der Waals surface area contributed by atoms with Gasteiger partial charge in [-0.1, -0.05) is 0 Å². The fourth-order valence-corrected chi connectivity index (χ4v) is 1.63. The van der Waals surface area contributed by atoms with Crippen LogP contribution in [0.5, 0.6) is 11.5 Å². The molecule has 1 aromatic carbocycles. The highest BCUT2D eigenvalue weighted by Gasteiger charge is 2.10. The lowest BCUT2D eigenvalue weighted by atomic mass is 10.2. The topological polar surface area (TPSA) is 72.6 Å². The van der Waals surface area contributed by atoms with Gasteiger partial charge in [-0.25, -0.2) is 0 Å². The van der Waals surface area contributed by atoms with E-state index in [1.807, 2.05) is 6.26 Å². The summed E-state index contributed by atoms with van der Waals surface area (Å²) in [4.78, 5) is 11.1. The Morgan fingerprint density at radius 1 is 1.56 bits per heavy atom. The first kappa shape index (κ1) is 12.7. The second kappa shape index (κ2) is 6.27. The van der Waals surface area contributed by atoms with Crippen molar-refractivity contribution in [1.82, 2.24) is 0 Å². The highest BCUT2D eigenvalue weighted by atomic mass is 32.2. The van der Waals surface area contributed by atoms with Crippen LogP contribution in [-0.4, -0.2) is 29.6 Å².